The predicted molar refractivity (Wildman–Crippen MR) is 98.7 cm³/mol. The minimum Gasteiger partial charge on any atom is -0.481 e. The van der Waals surface area contributed by atoms with Gasteiger partial charge in [-0.15, -0.1) is 0 Å². The fourth-order valence-corrected chi connectivity index (χ4v) is 2.59. The molecule has 0 atom stereocenters. The normalized spacial score (nSPS) is 10.5. The number of nitrogens with zero attached hydrogens (tertiary/aromatic N) is 2. The zero-order valence-electron chi connectivity index (χ0n) is 13.7. The number of benzene rings is 2. The molecule has 0 unspecified atom stereocenters. The van der Waals surface area contributed by atoms with Gasteiger partial charge in [0.2, 0.25) is 0 Å². The zero-order valence-corrected chi connectivity index (χ0v) is 14.5. The molecule has 0 bridgehead atoms. The number of amides is 1. The van der Waals surface area contributed by atoms with Crippen molar-refractivity contribution >= 4 is 39.8 Å². The number of aromatic nitrogens is 1. The summed E-state index contributed by atoms with van der Waals surface area (Å²) in [5.74, 6) is 0.0368. The maximum Gasteiger partial charge on any atom is 0.289 e. The van der Waals surface area contributed by atoms with Crippen LogP contribution in [0.25, 0.3) is 10.9 Å². The highest BCUT2D eigenvalue weighted by Crippen LogP contribution is 2.27. The highest BCUT2D eigenvalue weighted by molar-refractivity contribution is 6.32. The first-order chi connectivity index (χ1) is 12.4. The van der Waals surface area contributed by atoms with E-state index in [1.165, 1.54) is 18.2 Å². The molecule has 0 fully saturated rings. The second-order valence-corrected chi connectivity index (χ2v) is 5.95. The Balaban J connectivity index is 1.71. The Morgan fingerprint density at radius 3 is 2.85 bits per heavy atom. The number of aryl methyl sites for hydroxylation is 1. The van der Waals surface area contributed by atoms with Crippen LogP contribution in [0.4, 0.5) is 11.4 Å². The molecule has 0 aliphatic heterocycles. The van der Waals surface area contributed by atoms with Crippen LogP contribution in [0.2, 0.25) is 5.02 Å². The molecule has 0 aliphatic rings. The van der Waals surface area contributed by atoms with Crippen molar-refractivity contribution in [3.05, 3.63) is 69.4 Å². The van der Waals surface area contributed by atoms with Gasteiger partial charge in [-0.25, -0.2) is 4.98 Å². The van der Waals surface area contributed by atoms with Crippen molar-refractivity contribution in [2.75, 3.05) is 11.9 Å². The van der Waals surface area contributed by atoms with Crippen LogP contribution in [-0.2, 0) is 4.79 Å². The lowest BCUT2D eigenvalue weighted by Gasteiger charge is -2.10. The third-order valence-corrected chi connectivity index (χ3v) is 3.93. The molecule has 3 rings (SSSR count). The average Bonchev–Trinajstić information content (AvgIpc) is 2.61. The SMILES string of the molecule is Cc1ccc2cccc(OCC(=O)Nc3ccc(Cl)c([N+](=O)[O-])c3)c2n1. The molecule has 0 aliphatic carbocycles. The fraction of sp³-hybridized carbons (Fsp3) is 0.111. The van der Waals surface area contributed by atoms with E-state index in [9.17, 15) is 14.9 Å². The van der Waals surface area contributed by atoms with Crippen molar-refractivity contribution in [3.8, 4) is 5.75 Å². The second-order valence-electron chi connectivity index (χ2n) is 5.54. The molecule has 0 saturated carbocycles. The molecule has 1 amide bonds. The summed E-state index contributed by atoms with van der Waals surface area (Å²) in [6, 6.07) is 13.3. The third kappa shape index (κ3) is 3.89. The summed E-state index contributed by atoms with van der Waals surface area (Å²) < 4.78 is 5.58. The number of nitrogens with one attached hydrogen (secondary N) is 1. The number of nitro groups is 1. The number of carbonyl (C=O) groups is 1. The molecule has 3 aromatic rings. The summed E-state index contributed by atoms with van der Waals surface area (Å²) in [4.78, 5) is 26.8. The van der Waals surface area contributed by atoms with Crippen molar-refractivity contribution in [3.63, 3.8) is 0 Å². The van der Waals surface area contributed by atoms with Gasteiger partial charge < -0.3 is 10.1 Å². The Morgan fingerprint density at radius 2 is 2.08 bits per heavy atom. The monoisotopic (exact) mass is 371 g/mol. The lowest BCUT2D eigenvalue weighted by molar-refractivity contribution is -0.384. The van der Waals surface area contributed by atoms with Crippen molar-refractivity contribution in [1.82, 2.24) is 4.98 Å². The van der Waals surface area contributed by atoms with Gasteiger partial charge in [0.25, 0.3) is 11.6 Å². The standard InChI is InChI=1S/C18H14ClN3O4/c1-11-5-6-12-3-2-4-16(18(12)20-11)26-10-17(23)21-13-7-8-14(19)15(9-13)22(24)25/h2-9H,10H2,1H3,(H,21,23). The third-order valence-electron chi connectivity index (χ3n) is 3.61. The van der Waals surface area contributed by atoms with Crippen LogP contribution in [0.15, 0.2) is 48.5 Å². The minimum absolute atomic E-state index is 0.00134. The molecule has 26 heavy (non-hydrogen) atoms. The summed E-state index contributed by atoms with van der Waals surface area (Å²) in [5.41, 5.74) is 1.50. The fourth-order valence-electron chi connectivity index (χ4n) is 2.40. The highest BCUT2D eigenvalue weighted by atomic mass is 35.5. The predicted octanol–water partition coefficient (Wildman–Crippen LogP) is 4.12. The number of hydrogen-bond acceptors (Lipinski definition) is 5. The molecule has 0 saturated heterocycles. The number of hydrogen-bond donors (Lipinski definition) is 1. The number of ether oxygens (including phenoxy) is 1. The highest BCUT2D eigenvalue weighted by Gasteiger charge is 2.14. The van der Waals surface area contributed by atoms with E-state index in [1.54, 1.807) is 6.07 Å². The number of rotatable bonds is 5. The van der Waals surface area contributed by atoms with Crippen molar-refractivity contribution in [2.24, 2.45) is 0 Å². The maximum atomic E-state index is 12.1. The van der Waals surface area contributed by atoms with Gasteiger partial charge >= 0.3 is 0 Å². The van der Waals surface area contributed by atoms with Crippen LogP contribution < -0.4 is 10.1 Å². The van der Waals surface area contributed by atoms with Gasteiger partial charge in [0.05, 0.1) is 4.92 Å². The largest absolute Gasteiger partial charge is 0.481 e. The molecular formula is C18H14ClN3O4. The lowest BCUT2D eigenvalue weighted by Crippen LogP contribution is -2.20. The molecule has 0 radical (unpaired) electrons. The molecule has 7 nitrogen and oxygen atoms in total. The van der Waals surface area contributed by atoms with Crippen LogP contribution in [0.5, 0.6) is 5.75 Å². The Labute approximate surface area is 153 Å². The minimum atomic E-state index is -0.613. The van der Waals surface area contributed by atoms with E-state index >= 15 is 0 Å². The first kappa shape index (κ1) is 17.6. The van der Waals surface area contributed by atoms with E-state index in [0.29, 0.717) is 11.3 Å². The van der Waals surface area contributed by atoms with E-state index < -0.39 is 10.8 Å². The zero-order chi connectivity index (χ0) is 18.7. The van der Waals surface area contributed by atoms with Crippen molar-refractivity contribution in [2.45, 2.75) is 6.92 Å². The van der Waals surface area contributed by atoms with E-state index in [2.05, 4.69) is 10.3 Å². The smallest absolute Gasteiger partial charge is 0.289 e. The number of nitro benzene ring substituents is 1. The van der Waals surface area contributed by atoms with Gasteiger partial charge in [-0.05, 0) is 31.2 Å². The number of para-hydroxylation sites is 1. The quantitative estimate of drug-likeness (QED) is 0.537. The molecule has 8 heteroatoms. The number of carbonyl (C=O) groups excluding carboxylic acids is 1. The molecule has 132 valence electrons. The van der Waals surface area contributed by atoms with Gasteiger partial charge in [-0.1, -0.05) is 29.8 Å². The second kappa shape index (κ2) is 7.37. The Hall–Kier alpha value is -3.19. The lowest BCUT2D eigenvalue weighted by atomic mass is 10.2. The van der Waals surface area contributed by atoms with Crippen molar-refractivity contribution in [1.29, 1.82) is 0 Å². The Morgan fingerprint density at radius 1 is 1.27 bits per heavy atom. The summed E-state index contributed by atoms with van der Waals surface area (Å²) in [6.45, 7) is 1.61. The maximum absolute atomic E-state index is 12.1. The summed E-state index contributed by atoms with van der Waals surface area (Å²) >= 11 is 5.75. The van der Waals surface area contributed by atoms with Crippen LogP contribution in [0.1, 0.15) is 5.69 Å². The van der Waals surface area contributed by atoms with E-state index in [1.807, 2.05) is 31.2 Å². The van der Waals surface area contributed by atoms with Crippen LogP contribution in [-0.4, -0.2) is 22.4 Å². The van der Waals surface area contributed by atoms with Gasteiger partial charge in [-0.2, -0.15) is 0 Å². The van der Waals surface area contributed by atoms with Crippen LogP contribution >= 0.6 is 11.6 Å². The number of pyridine rings is 1. The summed E-state index contributed by atoms with van der Waals surface area (Å²) in [6.07, 6.45) is 0. The van der Waals surface area contributed by atoms with Crippen molar-refractivity contribution < 1.29 is 14.5 Å². The van der Waals surface area contributed by atoms with Gasteiger partial charge in [0.1, 0.15) is 16.3 Å². The number of halogens is 1. The van der Waals surface area contributed by atoms with E-state index in [-0.39, 0.29) is 23.0 Å². The summed E-state index contributed by atoms with van der Waals surface area (Å²) in [7, 11) is 0. The average molecular weight is 372 g/mol. The molecular weight excluding hydrogens is 358 g/mol. The molecule has 2 aromatic carbocycles. The number of anilines is 1. The molecule has 1 heterocycles. The Bertz CT molecular complexity index is 1010. The molecule has 0 spiro atoms. The van der Waals surface area contributed by atoms with Crippen LogP contribution in [0, 0.1) is 17.0 Å². The Kier molecular flexibility index (Phi) is 4.99. The van der Waals surface area contributed by atoms with Gasteiger partial charge in [0.15, 0.2) is 6.61 Å². The van der Waals surface area contributed by atoms with Crippen LogP contribution in [0.3, 0.4) is 0 Å². The molecule has 1 N–H and O–H groups in total. The topological polar surface area (TPSA) is 94.4 Å². The summed E-state index contributed by atoms with van der Waals surface area (Å²) in [5, 5.41) is 14.4. The van der Waals surface area contributed by atoms with E-state index in [4.69, 9.17) is 16.3 Å². The van der Waals surface area contributed by atoms with E-state index in [0.717, 1.165) is 11.1 Å². The van der Waals surface area contributed by atoms with Gasteiger partial charge in [-0.3, -0.25) is 14.9 Å². The van der Waals surface area contributed by atoms with Gasteiger partial charge in [0, 0.05) is 22.8 Å². The molecule has 1 aromatic heterocycles. The first-order valence-electron chi connectivity index (χ1n) is 7.67. The first-order valence-corrected chi connectivity index (χ1v) is 8.05. The number of fused-ring (bicyclic) bond motifs is 1.